The maximum Gasteiger partial charge on any atom is 0.168 e. The van der Waals surface area contributed by atoms with Gasteiger partial charge in [0.05, 0.1) is 24.4 Å². The highest BCUT2D eigenvalue weighted by atomic mass is 16.5. The van der Waals surface area contributed by atoms with Crippen LogP contribution in [0.2, 0.25) is 0 Å². The van der Waals surface area contributed by atoms with Gasteiger partial charge in [-0.25, -0.2) is 4.98 Å². The van der Waals surface area contributed by atoms with E-state index in [1.165, 1.54) is 0 Å². The van der Waals surface area contributed by atoms with E-state index in [9.17, 15) is 10.4 Å². The first-order valence-corrected chi connectivity index (χ1v) is 12.4. The number of nitriles is 1. The molecule has 0 bridgehead atoms. The quantitative estimate of drug-likeness (QED) is 0.629. The summed E-state index contributed by atoms with van der Waals surface area (Å²) in [7, 11) is 0. The van der Waals surface area contributed by atoms with Gasteiger partial charge in [0.2, 0.25) is 0 Å². The van der Waals surface area contributed by atoms with E-state index in [4.69, 9.17) is 14.6 Å². The van der Waals surface area contributed by atoms with Crippen LogP contribution in [-0.4, -0.2) is 62.8 Å². The minimum atomic E-state index is -0.779. The maximum absolute atomic E-state index is 9.93. The van der Waals surface area contributed by atoms with Gasteiger partial charge in [0.25, 0.3) is 0 Å². The van der Waals surface area contributed by atoms with Crippen LogP contribution in [0.15, 0.2) is 48.8 Å². The molecule has 6 rings (SSSR count). The van der Waals surface area contributed by atoms with E-state index in [0.29, 0.717) is 36.6 Å². The first-order chi connectivity index (χ1) is 17.1. The van der Waals surface area contributed by atoms with Gasteiger partial charge in [-0.2, -0.15) is 10.4 Å². The molecule has 2 aliphatic heterocycles. The van der Waals surface area contributed by atoms with Gasteiger partial charge >= 0.3 is 0 Å². The number of likely N-dealkylation sites (tertiary alicyclic amines) is 1. The topological polar surface area (TPSA) is 108 Å². The van der Waals surface area contributed by atoms with E-state index >= 15 is 0 Å². The molecule has 9 heteroatoms. The third-order valence-electron chi connectivity index (χ3n) is 7.31. The van der Waals surface area contributed by atoms with Crippen LogP contribution >= 0.6 is 0 Å². The molecular formula is C26H30N6O3. The molecule has 2 N–H and O–H groups in total. The van der Waals surface area contributed by atoms with Crippen LogP contribution < -0.4 is 10.1 Å². The van der Waals surface area contributed by atoms with E-state index in [2.05, 4.69) is 26.0 Å². The average molecular weight is 475 g/mol. The summed E-state index contributed by atoms with van der Waals surface area (Å²) in [5.41, 5.74) is 0.223. The molecule has 1 saturated carbocycles. The standard InChI is InChI=1S/C26H30N6O3/c27-14-19-3-1-2-9-26(19,31-15-21(33)16-31)29-24-13-22(6-10-28-24)35-23-17-32(20-4-5-20)30-25(23)18-7-11-34-12-8-18/h1-3,6,9-10,13,17-21,33H,4-5,7-8,11-12,15-16H2,(H,28,29). The first-order valence-electron chi connectivity index (χ1n) is 12.4. The van der Waals surface area contributed by atoms with Crippen molar-refractivity contribution in [1.29, 1.82) is 5.26 Å². The number of nitrogens with zero attached hydrogens (tertiary/aromatic N) is 5. The lowest BCUT2D eigenvalue weighted by Crippen LogP contribution is -2.67. The van der Waals surface area contributed by atoms with E-state index in [0.717, 1.165) is 50.3 Å². The number of aliphatic hydroxyl groups excluding tert-OH is 1. The normalized spacial score (nSPS) is 27.4. The van der Waals surface area contributed by atoms with Gasteiger partial charge in [-0.15, -0.1) is 0 Å². The molecule has 2 atom stereocenters. The Balaban J connectivity index is 1.26. The second kappa shape index (κ2) is 9.11. The molecule has 2 unspecified atom stereocenters. The second-order valence-electron chi connectivity index (χ2n) is 9.82. The van der Waals surface area contributed by atoms with Gasteiger partial charge in [-0.05, 0) is 37.8 Å². The molecule has 0 radical (unpaired) electrons. The Morgan fingerprint density at radius 2 is 2.03 bits per heavy atom. The van der Waals surface area contributed by atoms with Crippen molar-refractivity contribution in [2.45, 2.75) is 49.4 Å². The summed E-state index contributed by atoms with van der Waals surface area (Å²) < 4.78 is 14.0. The summed E-state index contributed by atoms with van der Waals surface area (Å²) in [4.78, 5) is 6.59. The number of β-amino-alcohol motifs (C(OH)–C–C–N with tert-alkyl or cyclic N) is 1. The fourth-order valence-corrected chi connectivity index (χ4v) is 5.15. The number of ether oxygens (including phenoxy) is 2. The largest absolute Gasteiger partial charge is 0.454 e. The minimum absolute atomic E-state index is 0.329. The van der Waals surface area contributed by atoms with Crippen LogP contribution in [0.4, 0.5) is 5.82 Å². The first kappa shape index (κ1) is 22.3. The van der Waals surface area contributed by atoms with Crippen LogP contribution in [-0.2, 0) is 4.74 Å². The monoisotopic (exact) mass is 474 g/mol. The number of allylic oxidation sites excluding steroid dienone is 2. The van der Waals surface area contributed by atoms with Crippen molar-refractivity contribution in [3.8, 4) is 17.6 Å². The molecule has 2 aromatic heterocycles. The molecule has 4 aliphatic rings. The van der Waals surface area contributed by atoms with Gasteiger partial charge in [0, 0.05) is 44.5 Å². The van der Waals surface area contributed by atoms with Crippen molar-refractivity contribution in [3.63, 3.8) is 0 Å². The fraction of sp³-hybridized carbons (Fsp3) is 0.500. The molecule has 0 spiro atoms. The SMILES string of the molecule is N#CC1C=CC=CC1(Nc1cc(Oc2cn(C3CC3)nc2C2CCOCC2)ccn1)N1CC(O)C1. The van der Waals surface area contributed by atoms with Gasteiger partial charge in [0.15, 0.2) is 5.75 Å². The number of hydrogen-bond donors (Lipinski definition) is 2. The highest BCUT2D eigenvalue weighted by Crippen LogP contribution is 2.41. The summed E-state index contributed by atoms with van der Waals surface area (Å²) in [6.07, 6.45) is 15.2. The van der Waals surface area contributed by atoms with Crippen LogP contribution in [0, 0.1) is 17.2 Å². The third kappa shape index (κ3) is 4.33. The summed E-state index contributed by atoms with van der Waals surface area (Å²) in [6.45, 7) is 2.49. The number of aliphatic hydroxyl groups is 1. The molecule has 0 amide bonds. The van der Waals surface area contributed by atoms with Crippen molar-refractivity contribution < 1.29 is 14.6 Å². The number of aromatic nitrogens is 3. The van der Waals surface area contributed by atoms with E-state index in [1.54, 1.807) is 6.20 Å². The van der Waals surface area contributed by atoms with Crippen LogP contribution in [0.5, 0.6) is 11.5 Å². The predicted octanol–water partition coefficient (Wildman–Crippen LogP) is 3.35. The summed E-state index contributed by atoms with van der Waals surface area (Å²) in [5.74, 6) is 1.95. The molecule has 9 nitrogen and oxygen atoms in total. The number of hydrogen-bond acceptors (Lipinski definition) is 8. The summed E-state index contributed by atoms with van der Waals surface area (Å²) in [6, 6.07) is 6.57. The Morgan fingerprint density at radius 3 is 2.77 bits per heavy atom. The zero-order valence-corrected chi connectivity index (χ0v) is 19.6. The van der Waals surface area contributed by atoms with Crippen LogP contribution in [0.3, 0.4) is 0 Å². The second-order valence-corrected chi connectivity index (χ2v) is 9.82. The molecule has 2 aliphatic carbocycles. The smallest absolute Gasteiger partial charge is 0.168 e. The minimum Gasteiger partial charge on any atom is -0.454 e. The lowest BCUT2D eigenvalue weighted by atomic mass is 9.85. The lowest BCUT2D eigenvalue weighted by Gasteiger charge is -2.51. The maximum atomic E-state index is 9.93. The molecule has 182 valence electrons. The lowest BCUT2D eigenvalue weighted by molar-refractivity contribution is -0.0488. The van der Waals surface area contributed by atoms with Gasteiger partial charge in [-0.1, -0.05) is 18.2 Å². The van der Waals surface area contributed by atoms with Crippen LogP contribution in [0.25, 0.3) is 0 Å². The number of nitrogens with one attached hydrogen (secondary N) is 1. The van der Waals surface area contributed by atoms with Crippen molar-refractivity contribution in [2.24, 2.45) is 5.92 Å². The highest BCUT2D eigenvalue weighted by Gasteiger charge is 2.47. The van der Waals surface area contributed by atoms with E-state index < -0.39 is 11.6 Å². The molecule has 3 fully saturated rings. The Kier molecular flexibility index (Phi) is 5.80. The Hall–Kier alpha value is -3.19. The van der Waals surface area contributed by atoms with Crippen molar-refractivity contribution in [2.75, 3.05) is 31.6 Å². The van der Waals surface area contributed by atoms with Crippen molar-refractivity contribution in [1.82, 2.24) is 19.7 Å². The van der Waals surface area contributed by atoms with Gasteiger partial charge < -0.3 is 19.9 Å². The Labute approximate surface area is 204 Å². The van der Waals surface area contributed by atoms with Crippen molar-refractivity contribution in [3.05, 3.63) is 54.5 Å². The van der Waals surface area contributed by atoms with Crippen molar-refractivity contribution >= 4 is 5.82 Å². The van der Waals surface area contributed by atoms with Crippen LogP contribution in [0.1, 0.15) is 43.3 Å². The number of rotatable bonds is 7. The average Bonchev–Trinajstić information content (AvgIpc) is 3.63. The highest BCUT2D eigenvalue weighted by molar-refractivity contribution is 5.49. The number of anilines is 1. The zero-order valence-electron chi connectivity index (χ0n) is 19.6. The molecule has 2 saturated heterocycles. The Morgan fingerprint density at radius 1 is 1.20 bits per heavy atom. The third-order valence-corrected chi connectivity index (χ3v) is 7.31. The van der Waals surface area contributed by atoms with Gasteiger partial charge in [0.1, 0.15) is 28.8 Å². The molecule has 4 heterocycles. The molecule has 35 heavy (non-hydrogen) atoms. The summed E-state index contributed by atoms with van der Waals surface area (Å²) >= 11 is 0. The predicted molar refractivity (Wildman–Crippen MR) is 129 cm³/mol. The summed E-state index contributed by atoms with van der Waals surface area (Å²) in [5, 5.41) is 28.2. The zero-order chi connectivity index (χ0) is 23.8. The molecular weight excluding hydrogens is 444 g/mol. The van der Waals surface area contributed by atoms with E-state index in [1.807, 2.05) is 42.6 Å². The number of pyridine rings is 1. The fourth-order valence-electron chi connectivity index (χ4n) is 5.15. The van der Waals surface area contributed by atoms with E-state index in [-0.39, 0.29) is 6.10 Å². The Bertz CT molecular complexity index is 1170. The van der Waals surface area contributed by atoms with Gasteiger partial charge in [-0.3, -0.25) is 9.58 Å². The molecule has 2 aromatic rings. The molecule has 0 aromatic carbocycles.